The Hall–Kier alpha value is -5.20. The van der Waals surface area contributed by atoms with Crippen molar-refractivity contribution in [1.82, 2.24) is 0 Å². The van der Waals surface area contributed by atoms with E-state index < -0.39 is 0 Å². The summed E-state index contributed by atoms with van der Waals surface area (Å²) in [5, 5.41) is 15.8. The summed E-state index contributed by atoms with van der Waals surface area (Å²) in [6, 6.07) is 50.4. The number of hydrogen-bond acceptors (Lipinski definition) is 0. The Labute approximate surface area is 263 Å². The van der Waals surface area contributed by atoms with Gasteiger partial charge in [0, 0.05) is 0 Å². The average Bonchev–Trinajstić information content (AvgIpc) is 3.06. The van der Waals surface area contributed by atoms with Crippen molar-refractivity contribution < 1.29 is 0 Å². The van der Waals surface area contributed by atoms with Crippen LogP contribution in [0, 0.1) is 6.92 Å². The summed E-state index contributed by atoms with van der Waals surface area (Å²) in [6.45, 7) is 9.16. The molecule has 0 amide bonds. The van der Waals surface area contributed by atoms with E-state index in [1.807, 2.05) is 0 Å². The van der Waals surface area contributed by atoms with Crippen molar-refractivity contribution >= 4 is 64.6 Å². The van der Waals surface area contributed by atoms with Crippen LogP contribution in [0.1, 0.15) is 31.9 Å². The van der Waals surface area contributed by atoms with Gasteiger partial charge in [0.25, 0.3) is 0 Å². The van der Waals surface area contributed by atoms with Crippen molar-refractivity contribution in [3.8, 4) is 22.3 Å². The summed E-state index contributed by atoms with van der Waals surface area (Å²) in [6.07, 6.45) is 0. The first-order valence-electron chi connectivity index (χ1n) is 16.0. The second-order valence-corrected chi connectivity index (χ2v) is 13.9. The molecule has 0 N–H and O–H groups in total. The van der Waals surface area contributed by atoms with Crippen LogP contribution in [0.2, 0.25) is 0 Å². The molecule has 0 aliphatic heterocycles. The molecule has 0 aromatic heterocycles. The highest BCUT2D eigenvalue weighted by Gasteiger charge is 2.19. The predicted octanol–water partition coefficient (Wildman–Crippen LogP) is 13.0. The number of benzene rings is 9. The maximum absolute atomic E-state index is 2.40. The van der Waals surface area contributed by atoms with Crippen LogP contribution in [0.15, 0.2) is 133 Å². The zero-order valence-corrected chi connectivity index (χ0v) is 26.2. The van der Waals surface area contributed by atoms with Gasteiger partial charge in [0.05, 0.1) is 0 Å². The Morgan fingerprint density at radius 1 is 0.378 bits per heavy atom. The third-order valence-corrected chi connectivity index (χ3v) is 10.0. The van der Waals surface area contributed by atoms with Gasteiger partial charge in [0.1, 0.15) is 0 Å². The second-order valence-electron chi connectivity index (χ2n) is 13.9. The lowest BCUT2D eigenvalue weighted by Gasteiger charge is -2.22. The van der Waals surface area contributed by atoms with Gasteiger partial charge in [0.15, 0.2) is 0 Å². The van der Waals surface area contributed by atoms with Crippen LogP contribution in [0.25, 0.3) is 86.9 Å². The Morgan fingerprint density at radius 3 is 1.67 bits per heavy atom. The van der Waals surface area contributed by atoms with Gasteiger partial charge in [-0.3, -0.25) is 0 Å². The maximum Gasteiger partial charge on any atom is -0.00179 e. The van der Waals surface area contributed by atoms with E-state index in [9.17, 15) is 0 Å². The summed E-state index contributed by atoms with van der Waals surface area (Å²) in [7, 11) is 0. The van der Waals surface area contributed by atoms with Crippen molar-refractivity contribution in [2.45, 2.75) is 33.1 Å². The number of fused-ring (bicyclic) bond motifs is 4. The molecule has 0 spiro atoms. The molecule has 0 nitrogen and oxygen atoms in total. The predicted molar refractivity (Wildman–Crippen MR) is 197 cm³/mol. The van der Waals surface area contributed by atoms with E-state index in [1.54, 1.807) is 0 Å². The van der Waals surface area contributed by atoms with Crippen molar-refractivity contribution in [3.05, 3.63) is 145 Å². The quantitative estimate of drug-likeness (QED) is 0.180. The molecule has 214 valence electrons. The first-order chi connectivity index (χ1) is 21.8. The third kappa shape index (κ3) is 4.06. The maximum atomic E-state index is 2.40. The Balaban J connectivity index is 1.16. The molecular weight excluding hydrogens is 540 g/mol. The molecule has 0 aliphatic carbocycles. The molecule has 0 saturated heterocycles. The first kappa shape index (κ1) is 26.2. The molecule has 0 bridgehead atoms. The standard InChI is InChI=1S/C45H34/c1-27-21-42(41-20-17-36-26-37(45(2,3)4)25-35-16-18-38(27)44(41)43(35)36)34-14-12-30-22-29(10-11-31(30)24-34)32-15-19-40-33(23-32)13-9-28-7-5-6-8-39(28)40/h5-26H,1-4H3. The molecule has 0 saturated carbocycles. The Bertz CT molecular complexity index is 2610. The molecule has 0 heterocycles. The number of rotatable bonds is 2. The van der Waals surface area contributed by atoms with Gasteiger partial charge in [-0.15, -0.1) is 0 Å². The fraction of sp³-hybridized carbons (Fsp3) is 0.111. The van der Waals surface area contributed by atoms with E-state index in [-0.39, 0.29) is 5.41 Å². The highest BCUT2D eigenvalue weighted by atomic mass is 14.2. The summed E-state index contributed by atoms with van der Waals surface area (Å²) in [5.74, 6) is 0. The third-order valence-electron chi connectivity index (χ3n) is 10.0. The molecule has 45 heavy (non-hydrogen) atoms. The van der Waals surface area contributed by atoms with E-state index in [2.05, 4.69) is 161 Å². The normalized spacial score (nSPS) is 12.4. The minimum Gasteiger partial charge on any atom is -0.0616 e. The Morgan fingerprint density at radius 2 is 0.911 bits per heavy atom. The van der Waals surface area contributed by atoms with Crippen LogP contribution in [-0.4, -0.2) is 0 Å². The van der Waals surface area contributed by atoms with Gasteiger partial charge in [-0.05, 0) is 129 Å². The molecule has 0 fully saturated rings. The smallest absolute Gasteiger partial charge is 0.00179 e. The average molecular weight is 575 g/mol. The van der Waals surface area contributed by atoms with Crippen LogP contribution in [0.5, 0.6) is 0 Å². The lowest BCUT2D eigenvalue weighted by molar-refractivity contribution is 0.591. The van der Waals surface area contributed by atoms with Crippen molar-refractivity contribution in [3.63, 3.8) is 0 Å². The molecule has 9 rings (SSSR count). The summed E-state index contributed by atoms with van der Waals surface area (Å²) in [5.41, 5.74) is 7.90. The molecule has 0 radical (unpaired) electrons. The topological polar surface area (TPSA) is 0 Å². The summed E-state index contributed by atoms with van der Waals surface area (Å²) < 4.78 is 0. The lowest BCUT2D eigenvalue weighted by Crippen LogP contribution is -2.10. The van der Waals surface area contributed by atoms with E-state index in [4.69, 9.17) is 0 Å². The minimum atomic E-state index is 0.111. The molecule has 0 heteroatoms. The van der Waals surface area contributed by atoms with Crippen molar-refractivity contribution in [2.24, 2.45) is 0 Å². The molecule has 9 aromatic rings. The largest absolute Gasteiger partial charge is 0.0616 e. The van der Waals surface area contributed by atoms with Crippen molar-refractivity contribution in [1.29, 1.82) is 0 Å². The minimum absolute atomic E-state index is 0.111. The monoisotopic (exact) mass is 574 g/mol. The van der Waals surface area contributed by atoms with Gasteiger partial charge in [-0.2, -0.15) is 0 Å². The van der Waals surface area contributed by atoms with Gasteiger partial charge in [0.2, 0.25) is 0 Å². The van der Waals surface area contributed by atoms with E-state index in [0.717, 1.165) is 0 Å². The fourth-order valence-corrected chi connectivity index (χ4v) is 7.55. The van der Waals surface area contributed by atoms with Gasteiger partial charge in [-0.1, -0.05) is 136 Å². The van der Waals surface area contributed by atoms with Gasteiger partial charge in [-0.25, -0.2) is 0 Å². The summed E-state index contributed by atoms with van der Waals surface area (Å²) >= 11 is 0. The molecule has 0 atom stereocenters. The number of hydrogen-bond donors (Lipinski definition) is 0. The highest BCUT2D eigenvalue weighted by molar-refractivity contribution is 6.26. The van der Waals surface area contributed by atoms with E-state index in [0.29, 0.717) is 0 Å². The van der Waals surface area contributed by atoms with Gasteiger partial charge >= 0.3 is 0 Å². The van der Waals surface area contributed by atoms with E-state index >= 15 is 0 Å². The first-order valence-corrected chi connectivity index (χ1v) is 16.0. The lowest BCUT2D eigenvalue weighted by atomic mass is 9.82. The molecule has 0 unspecified atom stereocenters. The molecule has 0 aliphatic rings. The van der Waals surface area contributed by atoms with Crippen LogP contribution in [0.3, 0.4) is 0 Å². The second kappa shape index (κ2) is 9.40. The van der Waals surface area contributed by atoms with Crippen LogP contribution < -0.4 is 0 Å². The molecular formula is C45H34. The summed E-state index contributed by atoms with van der Waals surface area (Å²) in [4.78, 5) is 0. The van der Waals surface area contributed by atoms with Crippen LogP contribution >= 0.6 is 0 Å². The van der Waals surface area contributed by atoms with E-state index in [1.165, 1.54) is 98.0 Å². The fourth-order valence-electron chi connectivity index (χ4n) is 7.55. The van der Waals surface area contributed by atoms with Crippen LogP contribution in [0.4, 0.5) is 0 Å². The van der Waals surface area contributed by atoms with Crippen molar-refractivity contribution in [2.75, 3.05) is 0 Å². The SMILES string of the molecule is Cc1cc(-c2ccc3cc(-c4ccc5c(ccc6ccccc65)c4)ccc3c2)c2ccc3cc(C(C)(C)C)cc4ccc1c2c43. The number of aryl methyl sites for hydroxylation is 1. The highest BCUT2D eigenvalue weighted by Crippen LogP contribution is 2.43. The molecule has 9 aromatic carbocycles. The van der Waals surface area contributed by atoms with Crippen LogP contribution in [-0.2, 0) is 5.41 Å². The Kier molecular flexibility index (Phi) is 5.48. The van der Waals surface area contributed by atoms with Gasteiger partial charge < -0.3 is 0 Å². The zero-order valence-electron chi connectivity index (χ0n) is 26.2. The zero-order chi connectivity index (χ0) is 30.4.